The molecule has 0 aliphatic heterocycles. The smallest absolute Gasteiger partial charge is 0.336 e. The maximum Gasteiger partial charge on any atom is 0.336 e. The third-order valence-electron chi connectivity index (χ3n) is 5.34. The third kappa shape index (κ3) is 23.0. The van der Waals surface area contributed by atoms with E-state index < -0.39 is 36.4 Å². The van der Waals surface area contributed by atoms with Crippen LogP contribution in [0.25, 0.3) is 0 Å². The lowest BCUT2D eigenvalue weighted by Crippen LogP contribution is -2.42. The van der Waals surface area contributed by atoms with Crippen molar-refractivity contribution in [2.75, 3.05) is 6.54 Å². The zero-order valence-electron chi connectivity index (χ0n) is 20.0. The molecule has 32 heavy (non-hydrogen) atoms. The molecule has 0 aromatic heterocycles. The maximum absolute atomic E-state index is 10.3. The Labute approximate surface area is 193 Å². The summed E-state index contributed by atoms with van der Waals surface area (Å²) in [6.45, 7) is 3.16. The van der Waals surface area contributed by atoms with Gasteiger partial charge in [0.05, 0.1) is 12.8 Å². The second-order valence-electron chi connectivity index (χ2n) is 8.57. The van der Waals surface area contributed by atoms with Crippen molar-refractivity contribution in [2.24, 2.45) is 5.73 Å². The van der Waals surface area contributed by atoms with Gasteiger partial charge < -0.3 is 26.2 Å². The van der Waals surface area contributed by atoms with Crippen molar-refractivity contribution in [3.05, 3.63) is 0 Å². The highest BCUT2D eigenvalue weighted by atomic mass is 16.4. The standard InChI is InChI=1S/C18H39N.C6H8O7/c1-2-3-4-5-6-7-8-9-10-11-12-13-14-15-16-17-18-19;7-3(8)1-6(13,5(11)12)2-4(9)10/h2-19H2,1H3;13H,1-2H2,(H,7,8)(H,9,10)(H,11,12). The predicted molar refractivity (Wildman–Crippen MR) is 126 cm³/mol. The molecule has 190 valence electrons. The van der Waals surface area contributed by atoms with Crippen molar-refractivity contribution in [2.45, 2.75) is 128 Å². The van der Waals surface area contributed by atoms with Crippen LogP contribution in [0.1, 0.15) is 122 Å². The van der Waals surface area contributed by atoms with Crippen LogP contribution in [-0.2, 0) is 14.4 Å². The number of unbranched alkanes of at least 4 members (excludes halogenated alkanes) is 15. The zero-order chi connectivity index (χ0) is 24.7. The van der Waals surface area contributed by atoms with Crippen molar-refractivity contribution < 1.29 is 34.8 Å². The Morgan fingerprint density at radius 3 is 1.09 bits per heavy atom. The van der Waals surface area contributed by atoms with Gasteiger partial charge in [0.25, 0.3) is 0 Å². The Morgan fingerprint density at radius 2 is 0.875 bits per heavy atom. The van der Waals surface area contributed by atoms with Crippen LogP contribution in [0.4, 0.5) is 0 Å². The predicted octanol–water partition coefficient (Wildman–Crippen LogP) is 4.96. The van der Waals surface area contributed by atoms with Gasteiger partial charge in [0.15, 0.2) is 5.60 Å². The van der Waals surface area contributed by atoms with E-state index in [9.17, 15) is 14.4 Å². The van der Waals surface area contributed by atoms with E-state index in [2.05, 4.69) is 6.92 Å². The highest BCUT2D eigenvalue weighted by molar-refractivity contribution is 5.88. The number of carboxylic acids is 3. The molecule has 0 unspecified atom stereocenters. The summed E-state index contributed by atoms with van der Waals surface area (Å²) in [5.74, 6) is -5.02. The van der Waals surface area contributed by atoms with Crippen LogP contribution in [-0.4, -0.2) is 50.5 Å². The number of hydrogen-bond acceptors (Lipinski definition) is 5. The fraction of sp³-hybridized carbons (Fsp3) is 0.875. The monoisotopic (exact) mass is 461 g/mol. The summed E-state index contributed by atoms with van der Waals surface area (Å²) in [6, 6.07) is 0. The van der Waals surface area contributed by atoms with Gasteiger partial charge in [-0.2, -0.15) is 0 Å². The molecule has 0 rings (SSSR count). The fourth-order valence-corrected chi connectivity index (χ4v) is 3.41. The summed E-state index contributed by atoms with van der Waals surface area (Å²) in [6.07, 6.45) is 20.6. The quantitative estimate of drug-likeness (QED) is 0.150. The zero-order valence-corrected chi connectivity index (χ0v) is 20.0. The topological polar surface area (TPSA) is 158 Å². The molecule has 6 N–H and O–H groups in total. The van der Waals surface area contributed by atoms with Gasteiger partial charge in [0.2, 0.25) is 0 Å². The molecule has 0 aromatic carbocycles. The van der Waals surface area contributed by atoms with Gasteiger partial charge in [-0.15, -0.1) is 0 Å². The largest absolute Gasteiger partial charge is 0.481 e. The Bertz CT molecular complexity index is 451. The molecule has 8 nitrogen and oxygen atoms in total. The minimum atomic E-state index is -2.74. The van der Waals surface area contributed by atoms with E-state index in [1.54, 1.807) is 0 Å². The van der Waals surface area contributed by atoms with E-state index >= 15 is 0 Å². The first kappa shape index (κ1) is 32.5. The molecule has 0 aliphatic rings. The van der Waals surface area contributed by atoms with Crippen molar-refractivity contribution >= 4 is 17.9 Å². The van der Waals surface area contributed by atoms with Crippen LogP contribution in [0, 0.1) is 0 Å². The van der Waals surface area contributed by atoms with Crippen LogP contribution in [0.3, 0.4) is 0 Å². The lowest BCUT2D eigenvalue weighted by molar-refractivity contribution is -0.170. The summed E-state index contributed by atoms with van der Waals surface area (Å²) in [7, 11) is 0. The molecule has 8 heteroatoms. The molecular weight excluding hydrogens is 414 g/mol. The summed E-state index contributed by atoms with van der Waals surface area (Å²) < 4.78 is 0. The first-order chi connectivity index (χ1) is 15.2. The second kappa shape index (κ2) is 22.5. The highest BCUT2D eigenvalue weighted by Crippen LogP contribution is 2.16. The van der Waals surface area contributed by atoms with Gasteiger partial charge in [-0.1, -0.05) is 103 Å². The van der Waals surface area contributed by atoms with E-state index in [0.717, 1.165) is 6.54 Å². The molecule has 0 radical (unpaired) electrons. The van der Waals surface area contributed by atoms with Crippen LogP contribution >= 0.6 is 0 Å². The molecule has 0 aromatic rings. The maximum atomic E-state index is 10.3. The minimum Gasteiger partial charge on any atom is -0.481 e. The molecule has 0 heterocycles. The number of aliphatic hydroxyl groups is 1. The minimum absolute atomic E-state index is 0.873. The Hall–Kier alpha value is -1.67. The van der Waals surface area contributed by atoms with Gasteiger partial charge in [0.1, 0.15) is 0 Å². The summed E-state index contributed by atoms with van der Waals surface area (Å²) in [5.41, 5.74) is 2.74. The normalized spacial score (nSPS) is 11.0. The summed E-state index contributed by atoms with van der Waals surface area (Å²) in [5, 5.41) is 33.8. The van der Waals surface area contributed by atoms with Crippen molar-refractivity contribution in [3.63, 3.8) is 0 Å². The van der Waals surface area contributed by atoms with Crippen molar-refractivity contribution in [1.29, 1.82) is 0 Å². The van der Waals surface area contributed by atoms with E-state index in [4.69, 9.17) is 26.2 Å². The lowest BCUT2D eigenvalue weighted by Gasteiger charge is -2.18. The third-order valence-corrected chi connectivity index (χ3v) is 5.34. The molecule has 0 bridgehead atoms. The first-order valence-electron chi connectivity index (χ1n) is 12.3. The Kier molecular flexibility index (Phi) is 22.9. The molecule has 0 aliphatic carbocycles. The highest BCUT2D eigenvalue weighted by Gasteiger charge is 2.40. The SMILES string of the molecule is CCCCCCCCCCCCCCCCCCN.O=C(O)CC(O)(CC(=O)O)C(=O)O. The molecule has 0 spiro atoms. The molecule has 0 amide bonds. The molecule has 0 saturated carbocycles. The van der Waals surface area contributed by atoms with Gasteiger partial charge in [-0.25, -0.2) is 4.79 Å². The number of nitrogens with two attached hydrogens (primary N) is 1. The molecular formula is C24H47NO7. The number of carboxylic acid groups (broad SMARTS) is 3. The Morgan fingerprint density at radius 1 is 0.594 bits per heavy atom. The van der Waals surface area contributed by atoms with Crippen LogP contribution in [0.2, 0.25) is 0 Å². The molecule has 0 atom stereocenters. The van der Waals surface area contributed by atoms with Crippen molar-refractivity contribution in [3.8, 4) is 0 Å². The molecule has 0 saturated heterocycles. The molecule has 0 fully saturated rings. The van der Waals surface area contributed by atoms with Crippen LogP contribution < -0.4 is 5.73 Å². The number of aliphatic carboxylic acids is 3. The van der Waals surface area contributed by atoms with Gasteiger partial charge in [-0.05, 0) is 13.0 Å². The van der Waals surface area contributed by atoms with E-state index in [-0.39, 0.29) is 0 Å². The fourth-order valence-electron chi connectivity index (χ4n) is 3.41. The lowest BCUT2D eigenvalue weighted by atomic mass is 9.96. The summed E-state index contributed by atoms with van der Waals surface area (Å²) >= 11 is 0. The van der Waals surface area contributed by atoms with Crippen molar-refractivity contribution in [1.82, 2.24) is 0 Å². The van der Waals surface area contributed by atoms with Crippen LogP contribution in [0.15, 0.2) is 0 Å². The van der Waals surface area contributed by atoms with Gasteiger partial charge in [0, 0.05) is 0 Å². The number of hydrogen-bond donors (Lipinski definition) is 5. The first-order valence-corrected chi connectivity index (χ1v) is 12.3. The number of rotatable bonds is 21. The summed E-state index contributed by atoms with van der Waals surface area (Å²) in [4.78, 5) is 30.5. The van der Waals surface area contributed by atoms with Gasteiger partial charge in [-0.3, -0.25) is 9.59 Å². The van der Waals surface area contributed by atoms with E-state index in [0.29, 0.717) is 0 Å². The van der Waals surface area contributed by atoms with E-state index in [1.807, 2.05) is 0 Å². The average molecular weight is 462 g/mol. The average Bonchev–Trinajstić information content (AvgIpc) is 2.70. The van der Waals surface area contributed by atoms with Crippen LogP contribution in [0.5, 0.6) is 0 Å². The van der Waals surface area contributed by atoms with Gasteiger partial charge >= 0.3 is 17.9 Å². The number of carbonyl (C=O) groups is 3. The second-order valence-corrected chi connectivity index (χ2v) is 8.57. The Balaban J connectivity index is 0. The van der Waals surface area contributed by atoms with E-state index in [1.165, 1.54) is 103 Å².